The normalized spacial score (nSPS) is 9.71. The maximum atomic E-state index is 11.3. The molecule has 7 nitrogen and oxygen atoms in total. The minimum atomic E-state index is -1.25. The van der Waals surface area contributed by atoms with E-state index in [0.717, 1.165) is 0 Å². The monoisotopic (exact) mass is 380 g/mol. The summed E-state index contributed by atoms with van der Waals surface area (Å²) in [6.45, 7) is 0. The van der Waals surface area contributed by atoms with Gasteiger partial charge in [-0.2, -0.15) is 0 Å². The van der Waals surface area contributed by atoms with Crippen LogP contribution in [0, 0.1) is 0 Å². The van der Waals surface area contributed by atoms with Gasteiger partial charge >= 0.3 is 17.9 Å². The molecule has 3 rings (SSSR count). The summed E-state index contributed by atoms with van der Waals surface area (Å²) >= 11 is 0. The lowest BCUT2D eigenvalue weighted by molar-refractivity contribution is 0.0652. The van der Waals surface area contributed by atoms with Crippen molar-refractivity contribution in [1.82, 2.24) is 0 Å². The second-order valence-corrected chi connectivity index (χ2v) is 5.56. The Morgan fingerprint density at radius 2 is 1.29 bits per heavy atom. The Hall–Kier alpha value is -4.13. The zero-order valence-corrected chi connectivity index (χ0v) is 14.4. The van der Waals surface area contributed by atoms with Gasteiger partial charge < -0.3 is 20.4 Å². The molecule has 0 saturated heterocycles. The van der Waals surface area contributed by atoms with Crippen molar-refractivity contribution in [3.05, 3.63) is 89.5 Å². The summed E-state index contributed by atoms with van der Waals surface area (Å²) in [5.41, 5.74) is 0.793. The second kappa shape index (κ2) is 9.00. The predicted molar refractivity (Wildman–Crippen MR) is 101 cm³/mol. The summed E-state index contributed by atoms with van der Waals surface area (Å²) in [6.07, 6.45) is 0. The van der Waals surface area contributed by atoms with Gasteiger partial charge in [0.25, 0.3) is 0 Å². The third-order valence-corrected chi connectivity index (χ3v) is 3.69. The number of aromatic hydroxyl groups is 1. The number of phenolic OH excluding ortho intramolecular Hbond substituents is 1. The average Bonchev–Trinajstić information content (AvgIpc) is 2.68. The Morgan fingerprint density at radius 1 is 0.643 bits per heavy atom. The molecule has 4 N–H and O–H groups in total. The van der Waals surface area contributed by atoms with Crippen LogP contribution in [-0.4, -0.2) is 38.3 Å². The quantitative estimate of drug-likeness (QED) is 0.540. The minimum Gasteiger partial charge on any atom is -0.508 e. The zero-order chi connectivity index (χ0) is 20.7. The van der Waals surface area contributed by atoms with E-state index in [9.17, 15) is 19.5 Å². The number of carboxylic acid groups (broad SMARTS) is 3. The van der Waals surface area contributed by atoms with Crippen LogP contribution in [0.1, 0.15) is 31.1 Å². The fourth-order valence-corrected chi connectivity index (χ4v) is 2.46. The van der Waals surface area contributed by atoms with Gasteiger partial charge in [-0.05, 0) is 35.4 Å². The SMILES string of the molecule is O=C(O)c1cccc(-c2ccccc2)c1C(=O)O.O=C(O)c1cccc(O)c1. The van der Waals surface area contributed by atoms with Gasteiger partial charge in [0.15, 0.2) is 0 Å². The van der Waals surface area contributed by atoms with Gasteiger partial charge in [-0.1, -0.05) is 48.5 Å². The molecule has 0 spiro atoms. The first kappa shape index (κ1) is 20.2. The molecule has 0 aliphatic rings. The maximum absolute atomic E-state index is 11.3. The van der Waals surface area contributed by atoms with E-state index >= 15 is 0 Å². The van der Waals surface area contributed by atoms with Crippen molar-refractivity contribution in [3.8, 4) is 16.9 Å². The van der Waals surface area contributed by atoms with Gasteiger partial charge in [0.2, 0.25) is 0 Å². The van der Waals surface area contributed by atoms with Crippen molar-refractivity contribution in [2.75, 3.05) is 0 Å². The van der Waals surface area contributed by atoms with Crippen molar-refractivity contribution in [2.45, 2.75) is 0 Å². The number of benzene rings is 3. The first-order valence-corrected chi connectivity index (χ1v) is 7.98. The van der Waals surface area contributed by atoms with Crippen LogP contribution in [0.2, 0.25) is 0 Å². The molecule has 0 radical (unpaired) electrons. The van der Waals surface area contributed by atoms with E-state index in [4.69, 9.17) is 15.3 Å². The maximum Gasteiger partial charge on any atom is 0.337 e. The van der Waals surface area contributed by atoms with E-state index in [1.807, 2.05) is 6.07 Å². The first-order valence-electron chi connectivity index (χ1n) is 7.98. The molecule has 0 atom stereocenters. The molecule has 0 heterocycles. The molecular weight excluding hydrogens is 364 g/mol. The molecule has 28 heavy (non-hydrogen) atoms. The van der Waals surface area contributed by atoms with Crippen LogP contribution in [0.3, 0.4) is 0 Å². The van der Waals surface area contributed by atoms with Gasteiger partial charge in [-0.3, -0.25) is 0 Å². The van der Waals surface area contributed by atoms with Crippen molar-refractivity contribution >= 4 is 17.9 Å². The molecule has 0 unspecified atom stereocenters. The number of phenols is 1. The molecule has 0 aliphatic carbocycles. The summed E-state index contributed by atoms with van der Waals surface area (Å²) in [5.74, 6) is -3.55. The molecule has 142 valence electrons. The van der Waals surface area contributed by atoms with Crippen molar-refractivity contribution < 1.29 is 34.8 Å². The summed E-state index contributed by atoms with van der Waals surface area (Å²) in [7, 11) is 0. The highest BCUT2D eigenvalue weighted by Crippen LogP contribution is 2.26. The Kier molecular flexibility index (Phi) is 6.49. The Bertz CT molecular complexity index is 1010. The molecule has 0 bridgehead atoms. The van der Waals surface area contributed by atoms with Gasteiger partial charge in [0.1, 0.15) is 5.75 Å². The highest BCUT2D eigenvalue weighted by Gasteiger charge is 2.20. The molecule has 0 amide bonds. The van der Waals surface area contributed by atoms with Gasteiger partial charge in [0, 0.05) is 0 Å². The van der Waals surface area contributed by atoms with E-state index in [2.05, 4.69) is 0 Å². The average molecular weight is 380 g/mol. The number of rotatable bonds is 4. The topological polar surface area (TPSA) is 132 Å². The molecule has 0 aromatic heterocycles. The molecular formula is C21H16O7. The lowest BCUT2D eigenvalue weighted by Gasteiger charge is -2.08. The van der Waals surface area contributed by atoms with E-state index in [0.29, 0.717) is 11.1 Å². The van der Waals surface area contributed by atoms with Crippen LogP contribution in [-0.2, 0) is 0 Å². The third kappa shape index (κ3) is 4.95. The number of carbonyl (C=O) groups is 3. The van der Waals surface area contributed by atoms with Crippen molar-refractivity contribution in [1.29, 1.82) is 0 Å². The van der Waals surface area contributed by atoms with Crippen LogP contribution >= 0.6 is 0 Å². The lowest BCUT2D eigenvalue weighted by Crippen LogP contribution is -2.09. The highest BCUT2D eigenvalue weighted by atomic mass is 16.4. The minimum absolute atomic E-state index is 0.0279. The fourth-order valence-electron chi connectivity index (χ4n) is 2.46. The smallest absolute Gasteiger partial charge is 0.337 e. The predicted octanol–water partition coefficient (Wildman–Crippen LogP) is 3.84. The summed E-state index contributed by atoms with van der Waals surface area (Å²) in [4.78, 5) is 32.5. The number of hydrogen-bond acceptors (Lipinski definition) is 4. The van der Waals surface area contributed by atoms with Crippen LogP contribution in [0.25, 0.3) is 11.1 Å². The highest BCUT2D eigenvalue weighted by molar-refractivity contribution is 6.06. The summed E-state index contributed by atoms with van der Waals surface area (Å²) in [6, 6.07) is 18.8. The van der Waals surface area contributed by atoms with Crippen LogP contribution in [0.5, 0.6) is 5.75 Å². The molecule has 0 saturated carbocycles. The molecule has 0 fully saturated rings. The largest absolute Gasteiger partial charge is 0.508 e. The van der Waals surface area contributed by atoms with Crippen molar-refractivity contribution in [3.63, 3.8) is 0 Å². The number of aromatic carboxylic acids is 3. The van der Waals surface area contributed by atoms with E-state index in [-0.39, 0.29) is 22.4 Å². The summed E-state index contributed by atoms with van der Waals surface area (Å²) in [5, 5.41) is 35.4. The second-order valence-electron chi connectivity index (χ2n) is 5.56. The fraction of sp³-hybridized carbons (Fsp3) is 0. The Labute approximate surface area is 159 Å². The zero-order valence-electron chi connectivity index (χ0n) is 14.4. The summed E-state index contributed by atoms with van der Waals surface area (Å²) < 4.78 is 0. The Balaban J connectivity index is 0.000000237. The Morgan fingerprint density at radius 3 is 1.79 bits per heavy atom. The van der Waals surface area contributed by atoms with Gasteiger partial charge in [-0.25, -0.2) is 14.4 Å². The number of carboxylic acids is 3. The van der Waals surface area contributed by atoms with Crippen LogP contribution < -0.4 is 0 Å². The lowest BCUT2D eigenvalue weighted by atomic mass is 9.95. The molecule has 3 aromatic rings. The molecule has 3 aromatic carbocycles. The van der Waals surface area contributed by atoms with Gasteiger partial charge in [-0.15, -0.1) is 0 Å². The third-order valence-electron chi connectivity index (χ3n) is 3.69. The first-order chi connectivity index (χ1) is 13.3. The van der Waals surface area contributed by atoms with E-state index in [1.54, 1.807) is 30.3 Å². The van der Waals surface area contributed by atoms with E-state index < -0.39 is 17.9 Å². The van der Waals surface area contributed by atoms with E-state index in [1.165, 1.54) is 36.4 Å². The van der Waals surface area contributed by atoms with Crippen LogP contribution in [0.15, 0.2) is 72.8 Å². The number of hydrogen-bond donors (Lipinski definition) is 4. The molecule has 7 heteroatoms. The van der Waals surface area contributed by atoms with Gasteiger partial charge in [0.05, 0.1) is 16.7 Å². The van der Waals surface area contributed by atoms with Crippen LogP contribution in [0.4, 0.5) is 0 Å². The molecule has 0 aliphatic heterocycles. The standard InChI is InChI=1S/C14H10O4.C7H6O3/c15-13(16)11-8-4-7-10(12(11)14(17)18)9-5-2-1-3-6-9;8-6-3-1-2-5(4-6)7(9)10/h1-8H,(H,15,16)(H,17,18);1-4,8H,(H,9,10). The van der Waals surface area contributed by atoms with Crippen molar-refractivity contribution in [2.24, 2.45) is 0 Å².